The number of H-pyrrole nitrogens is 1. The van der Waals surface area contributed by atoms with E-state index in [0.717, 1.165) is 77.1 Å². The second-order valence-corrected chi connectivity index (χ2v) is 10.6. The third-order valence-corrected chi connectivity index (χ3v) is 7.99. The summed E-state index contributed by atoms with van der Waals surface area (Å²) in [6.07, 6.45) is 3.75. The summed E-state index contributed by atoms with van der Waals surface area (Å²) in [5.74, 6) is 2.65. The fraction of sp³-hybridized carbons (Fsp3) is 0.167. The summed E-state index contributed by atoms with van der Waals surface area (Å²) in [7, 11) is 1.67. The van der Waals surface area contributed by atoms with E-state index in [0.29, 0.717) is 18.1 Å². The van der Waals surface area contributed by atoms with Gasteiger partial charge in [-0.2, -0.15) is 0 Å². The average Bonchev–Trinajstić information content (AvgIpc) is 3.74. The molecule has 5 aromatic heterocycles. The largest absolute Gasteiger partial charge is 0.496 e. The predicted molar refractivity (Wildman–Crippen MR) is 154 cm³/mol. The highest BCUT2D eigenvalue weighted by molar-refractivity contribution is 7.15. The molecule has 5 heterocycles. The molecule has 1 N–H and O–H groups in total. The summed E-state index contributed by atoms with van der Waals surface area (Å²) in [5, 5.41) is 6.80. The first-order valence-corrected chi connectivity index (χ1v) is 13.6. The zero-order valence-corrected chi connectivity index (χ0v) is 23.1. The molecule has 10 heteroatoms. The Morgan fingerprint density at radius 3 is 2.60 bits per heavy atom. The number of benzene rings is 2. The lowest BCUT2D eigenvalue weighted by Gasteiger charge is -2.09. The first-order valence-electron chi connectivity index (χ1n) is 12.8. The number of aromatic amines is 1. The minimum atomic E-state index is 0.501. The summed E-state index contributed by atoms with van der Waals surface area (Å²) in [6.45, 7) is 5.75. The van der Waals surface area contributed by atoms with Gasteiger partial charge in [-0.25, -0.2) is 19.9 Å². The van der Waals surface area contributed by atoms with Crippen LogP contribution in [-0.4, -0.2) is 37.2 Å². The van der Waals surface area contributed by atoms with Crippen LogP contribution >= 0.6 is 11.3 Å². The van der Waals surface area contributed by atoms with Gasteiger partial charge in [0.25, 0.3) is 5.89 Å². The number of nitrogens with one attached hydrogen (secondary N) is 1. The molecule has 7 rings (SSSR count). The van der Waals surface area contributed by atoms with Crippen LogP contribution in [0.15, 0.2) is 63.9 Å². The number of nitrogens with zero attached hydrogens (tertiary/aromatic N) is 5. The number of oxazole rings is 1. The molecule has 9 nitrogen and oxygen atoms in total. The number of hydrogen-bond donors (Lipinski definition) is 1. The van der Waals surface area contributed by atoms with Crippen LogP contribution < -0.4 is 4.74 Å². The minimum absolute atomic E-state index is 0.501. The van der Waals surface area contributed by atoms with Gasteiger partial charge in [0.15, 0.2) is 5.01 Å². The Bertz CT molecular complexity index is 1990. The summed E-state index contributed by atoms with van der Waals surface area (Å²) in [4.78, 5) is 23.5. The van der Waals surface area contributed by atoms with Gasteiger partial charge in [-0.1, -0.05) is 35.5 Å². The molecular weight excluding hydrogens is 524 g/mol. The van der Waals surface area contributed by atoms with Gasteiger partial charge in [0, 0.05) is 38.7 Å². The number of fused-ring (bicyclic) bond motifs is 3. The van der Waals surface area contributed by atoms with Crippen molar-refractivity contribution in [3.05, 3.63) is 82.8 Å². The third kappa shape index (κ3) is 3.95. The highest BCUT2D eigenvalue weighted by atomic mass is 32.1. The van der Waals surface area contributed by atoms with Crippen molar-refractivity contribution in [2.45, 2.75) is 27.2 Å². The van der Waals surface area contributed by atoms with Crippen LogP contribution in [0.5, 0.6) is 5.75 Å². The van der Waals surface area contributed by atoms with Crippen LogP contribution in [-0.2, 0) is 6.42 Å². The molecule has 0 aliphatic heterocycles. The molecule has 0 aliphatic rings. The maximum Gasteiger partial charge on any atom is 0.255 e. The molecule has 0 fully saturated rings. The lowest BCUT2D eigenvalue weighted by molar-refractivity contribution is 0.393. The van der Waals surface area contributed by atoms with E-state index in [9.17, 15) is 0 Å². The molecular formula is C30H24N6O3S. The van der Waals surface area contributed by atoms with Crippen molar-refractivity contribution >= 4 is 33.3 Å². The molecule has 0 unspecified atom stereocenters. The van der Waals surface area contributed by atoms with Crippen molar-refractivity contribution in [2.24, 2.45) is 0 Å². The highest BCUT2D eigenvalue weighted by Gasteiger charge is 2.23. The molecule has 0 amide bonds. The smallest absolute Gasteiger partial charge is 0.255 e. The first kappa shape index (κ1) is 24.2. The number of thiazole rings is 1. The lowest BCUT2D eigenvalue weighted by Crippen LogP contribution is -1.98. The second kappa shape index (κ2) is 9.42. The third-order valence-electron chi connectivity index (χ3n) is 6.95. The van der Waals surface area contributed by atoms with Gasteiger partial charge in [-0.05, 0) is 32.9 Å². The van der Waals surface area contributed by atoms with E-state index in [1.807, 2.05) is 45.0 Å². The van der Waals surface area contributed by atoms with E-state index in [-0.39, 0.29) is 0 Å². The standard InChI is InChI=1S/C30H24N6O3S/c1-15-25(16(2)39-36-15)20-12-21-19(13-23(20)37-4)26-22(32-17(3)33-28(26)34-21)14-24-27(18-8-6-5-7-9-18)35-30(40-24)29-31-10-11-38-29/h5-13H,14H2,1-4H3,(H,32,33,34). The van der Waals surface area contributed by atoms with Gasteiger partial charge in [0.2, 0.25) is 0 Å². The van der Waals surface area contributed by atoms with Gasteiger partial charge >= 0.3 is 0 Å². The Balaban J connectivity index is 1.42. The number of ether oxygens (including phenoxy) is 1. The molecule has 0 saturated heterocycles. The van der Waals surface area contributed by atoms with Gasteiger partial charge in [0.05, 0.1) is 36.0 Å². The Hall–Kier alpha value is -4.83. The normalized spacial score (nSPS) is 11.6. The number of rotatable bonds is 6. The van der Waals surface area contributed by atoms with Gasteiger partial charge < -0.3 is 18.7 Å². The van der Waals surface area contributed by atoms with E-state index in [2.05, 4.69) is 33.3 Å². The monoisotopic (exact) mass is 548 g/mol. The molecule has 198 valence electrons. The summed E-state index contributed by atoms with van der Waals surface area (Å²) in [6, 6.07) is 14.3. The minimum Gasteiger partial charge on any atom is -0.496 e. The van der Waals surface area contributed by atoms with Crippen molar-refractivity contribution in [3.8, 4) is 39.0 Å². The topological polar surface area (TPSA) is 116 Å². The SMILES string of the molecule is COc1cc2c(cc1-c1c(C)noc1C)[nH]c1nc(C)nc(Cc3sc(-c4ncco4)nc3-c3ccccc3)c12. The van der Waals surface area contributed by atoms with E-state index >= 15 is 0 Å². The van der Waals surface area contributed by atoms with Crippen LogP contribution in [0, 0.1) is 20.8 Å². The summed E-state index contributed by atoms with van der Waals surface area (Å²) in [5.41, 5.74) is 7.17. The number of methoxy groups -OCH3 is 1. The summed E-state index contributed by atoms with van der Waals surface area (Å²) >= 11 is 1.56. The van der Waals surface area contributed by atoms with Crippen LogP contribution in [0.2, 0.25) is 0 Å². The second-order valence-electron chi connectivity index (χ2n) is 9.53. The summed E-state index contributed by atoms with van der Waals surface area (Å²) < 4.78 is 16.9. The molecule has 0 atom stereocenters. The maximum atomic E-state index is 5.86. The van der Waals surface area contributed by atoms with Crippen LogP contribution in [0.4, 0.5) is 0 Å². The van der Waals surface area contributed by atoms with E-state index in [1.165, 1.54) is 0 Å². The van der Waals surface area contributed by atoms with E-state index in [4.69, 9.17) is 28.6 Å². The lowest BCUT2D eigenvalue weighted by atomic mass is 10.00. The Labute approximate surface area is 232 Å². The van der Waals surface area contributed by atoms with Crippen molar-refractivity contribution in [1.29, 1.82) is 0 Å². The van der Waals surface area contributed by atoms with E-state index < -0.39 is 0 Å². The first-order chi connectivity index (χ1) is 19.5. The number of hydrogen-bond acceptors (Lipinski definition) is 9. The average molecular weight is 549 g/mol. The van der Waals surface area contributed by atoms with Crippen molar-refractivity contribution in [1.82, 2.24) is 30.1 Å². The molecule has 0 spiro atoms. The fourth-order valence-corrected chi connectivity index (χ4v) is 6.27. The fourth-order valence-electron chi connectivity index (χ4n) is 5.25. The van der Waals surface area contributed by atoms with Crippen molar-refractivity contribution < 1.29 is 13.7 Å². The van der Waals surface area contributed by atoms with Gasteiger partial charge in [0.1, 0.15) is 29.2 Å². The molecule has 0 aliphatic carbocycles. The van der Waals surface area contributed by atoms with Crippen LogP contribution in [0.25, 0.3) is 55.2 Å². The Morgan fingerprint density at radius 2 is 1.88 bits per heavy atom. The molecule has 40 heavy (non-hydrogen) atoms. The Morgan fingerprint density at radius 1 is 1.02 bits per heavy atom. The highest BCUT2D eigenvalue weighted by Crippen LogP contribution is 2.41. The van der Waals surface area contributed by atoms with Gasteiger partial charge in [-0.15, -0.1) is 11.3 Å². The zero-order chi connectivity index (χ0) is 27.4. The molecule has 0 radical (unpaired) electrons. The molecule has 0 bridgehead atoms. The number of aryl methyl sites for hydroxylation is 3. The molecule has 2 aromatic carbocycles. The van der Waals surface area contributed by atoms with Gasteiger partial charge in [-0.3, -0.25) is 0 Å². The predicted octanol–water partition coefficient (Wildman–Crippen LogP) is 7.07. The number of aromatic nitrogens is 6. The molecule has 0 saturated carbocycles. The quantitative estimate of drug-likeness (QED) is 0.235. The molecule has 7 aromatic rings. The van der Waals surface area contributed by atoms with Crippen LogP contribution in [0.1, 0.15) is 27.8 Å². The van der Waals surface area contributed by atoms with Crippen LogP contribution in [0.3, 0.4) is 0 Å². The van der Waals surface area contributed by atoms with E-state index in [1.54, 1.807) is 30.9 Å². The maximum absolute atomic E-state index is 5.86. The Kier molecular flexibility index (Phi) is 5.71. The van der Waals surface area contributed by atoms with Crippen molar-refractivity contribution in [3.63, 3.8) is 0 Å². The zero-order valence-electron chi connectivity index (χ0n) is 22.3. The van der Waals surface area contributed by atoms with Crippen molar-refractivity contribution in [2.75, 3.05) is 7.11 Å².